The number of benzene rings is 1. The van der Waals surface area contributed by atoms with Crippen LogP contribution in [-0.2, 0) is 4.74 Å². The van der Waals surface area contributed by atoms with E-state index in [1.54, 1.807) is 6.07 Å². The zero-order chi connectivity index (χ0) is 17.3. The van der Waals surface area contributed by atoms with Crippen molar-refractivity contribution in [2.45, 2.75) is 38.5 Å². The second-order valence-corrected chi connectivity index (χ2v) is 7.03. The van der Waals surface area contributed by atoms with Gasteiger partial charge in [-0.3, -0.25) is 4.79 Å². The smallest absolute Gasteiger partial charge is 0.387 e. The average Bonchev–Trinajstić information content (AvgIpc) is 3.15. The maximum atomic E-state index is 12.5. The summed E-state index contributed by atoms with van der Waals surface area (Å²) in [5, 5.41) is 3.85. The highest BCUT2D eigenvalue weighted by Crippen LogP contribution is 2.37. The Hall–Kier alpha value is -1.44. The summed E-state index contributed by atoms with van der Waals surface area (Å²) in [7, 11) is 0. The van der Waals surface area contributed by atoms with Crippen molar-refractivity contribution in [2.75, 3.05) is 6.61 Å². The Kier molecular flexibility index (Phi) is 5.22. The number of thiophene rings is 1. The fourth-order valence-electron chi connectivity index (χ4n) is 2.73. The molecule has 1 aliphatic rings. The number of fused-ring (bicyclic) bond motifs is 1. The van der Waals surface area contributed by atoms with Crippen LogP contribution < -0.4 is 10.1 Å². The van der Waals surface area contributed by atoms with Gasteiger partial charge in [0, 0.05) is 16.7 Å². The second-order valence-electron chi connectivity index (χ2n) is 5.60. The van der Waals surface area contributed by atoms with Gasteiger partial charge in [-0.15, -0.1) is 11.3 Å². The van der Waals surface area contributed by atoms with E-state index in [-0.39, 0.29) is 23.8 Å². The molecule has 1 saturated heterocycles. The van der Waals surface area contributed by atoms with Gasteiger partial charge in [0.05, 0.1) is 17.2 Å². The molecule has 2 unspecified atom stereocenters. The lowest BCUT2D eigenvalue weighted by atomic mass is 10.1. The molecule has 0 spiro atoms. The van der Waals surface area contributed by atoms with E-state index in [1.807, 2.05) is 6.92 Å². The molecule has 1 amide bonds. The van der Waals surface area contributed by atoms with Gasteiger partial charge < -0.3 is 14.8 Å². The fourth-order valence-corrected chi connectivity index (χ4v) is 4.18. The van der Waals surface area contributed by atoms with E-state index >= 15 is 0 Å². The predicted molar refractivity (Wildman–Crippen MR) is 89.4 cm³/mol. The van der Waals surface area contributed by atoms with Gasteiger partial charge in [-0.25, -0.2) is 0 Å². The van der Waals surface area contributed by atoms with Crippen molar-refractivity contribution in [1.29, 1.82) is 0 Å². The number of hydrogen-bond acceptors (Lipinski definition) is 4. The monoisotopic (exact) mass is 375 g/mol. The molecule has 24 heavy (non-hydrogen) atoms. The van der Waals surface area contributed by atoms with Crippen LogP contribution in [0.25, 0.3) is 10.1 Å². The topological polar surface area (TPSA) is 47.6 Å². The summed E-state index contributed by atoms with van der Waals surface area (Å²) in [4.78, 5) is 12.8. The van der Waals surface area contributed by atoms with Crippen LogP contribution in [0.4, 0.5) is 8.78 Å². The largest absolute Gasteiger partial charge is 0.435 e. The lowest BCUT2D eigenvalue weighted by Gasteiger charge is -2.19. The molecule has 2 atom stereocenters. The van der Waals surface area contributed by atoms with E-state index in [2.05, 4.69) is 10.1 Å². The van der Waals surface area contributed by atoms with Crippen LogP contribution >= 0.6 is 22.9 Å². The van der Waals surface area contributed by atoms with E-state index in [0.29, 0.717) is 26.6 Å². The van der Waals surface area contributed by atoms with E-state index in [1.165, 1.54) is 12.1 Å². The van der Waals surface area contributed by atoms with Crippen molar-refractivity contribution < 1.29 is 23.0 Å². The quantitative estimate of drug-likeness (QED) is 0.839. The Bertz CT molecular complexity index is 746. The lowest BCUT2D eigenvalue weighted by Crippen LogP contribution is -2.40. The number of ether oxygens (including phenoxy) is 2. The van der Waals surface area contributed by atoms with Crippen molar-refractivity contribution in [2.24, 2.45) is 0 Å². The summed E-state index contributed by atoms with van der Waals surface area (Å²) in [6.45, 7) is -0.293. The Balaban J connectivity index is 1.80. The zero-order valence-electron chi connectivity index (χ0n) is 12.9. The van der Waals surface area contributed by atoms with Crippen LogP contribution in [0.2, 0.25) is 5.02 Å². The van der Waals surface area contributed by atoms with Crippen molar-refractivity contribution >= 4 is 38.9 Å². The average molecular weight is 376 g/mol. The molecule has 1 aromatic heterocycles. The highest BCUT2D eigenvalue weighted by molar-refractivity contribution is 7.21. The number of amides is 1. The molecular formula is C16H16ClF2NO3S. The first-order valence-electron chi connectivity index (χ1n) is 7.55. The number of carbonyl (C=O) groups excluding carboxylic acids is 1. The highest BCUT2D eigenvalue weighted by atomic mass is 35.5. The van der Waals surface area contributed by atoms with Crippen molar-refractivity contribution in [3.8, 4) is 5.75 Å². The molecule has 3 rings (SSSR count). The second kappa shape index (κ2) is 7.21. The van der Waals surface area contributed by atoms with Crippen molar-refractivity contribution in [3.63, 3.8) is 0 Å². The standard InChI is InChI=1S/C16H16ClF2NO3S/c1-8(11-3-2-6-22-11)20-15(21)14-13(17)10-5-4-9(23-16(18)19)7-12(10)24-14/h4-5,7-8,11,16H,2-3,6H2,1H3,(H,20,21). The Morgan fingerprint density at radius 2 is 2.29 bits per heavy atom. The van der Waals surface area contributed by atoms with Gasteiger partial charge in [0.15, 0.2) is 0 Å². The minimum absolute atomic E-state index is 0.00754. The first-order valence-corrected chi connectivity index (χ1v) is 8.74. The summed E-state index contributed by atoms with van der Waals surface area (Å²) in [5.41, 5.74) is 0. The van der Waals surface area contributed by atoms with Gasteiger partial charge in [-0.2, -0.15) is 8.78 Å². The van der Waals surface area contributed by atoms with Gasteiger partial charge in [0.2, 0.25) is 0 Å². The third-order valence-corrected chi connectivity index (χ3v) is 5.57. The Labute approximate surface area is 146 Å². The SMILES string of the molecule is CC(NC(=O)c1sc2cc(OC(F)F)ccc2c1Cl)C1CCCO1. The van der Waals surface area contributed by atoms with Crippen LogP contribution in [0, 0.1) is 0 Å². The third kappa shape index (κ3) is 3.63. The normalized spacial score (nSPS) is 19.0. The molecule has 1 aromatic carbocycles. The molecule has 0 aliphatic carbocycles. The van der Waals surface area contributed by atoms with Crippen molar-refractivity contribution in [1.82, 2.24) is 5.32 Å². The van der Waals surface area contributed by atoms with E-state index in [0.717, 1.165) is 24.2 Å². The molecule has 1 fully saturated rings. The maximum absolute atomic E-state index is 12.5. The number of hydrogen-bond donors (Lipinski definition) is 1. The van der Waals surface area contributed by atoms with Crippen LogP contribution in [0.1, 0.15) is 29.4 Å². The summed E-state index contributed by atoms with van der Waals surface area (Å²) in [5.74, 6) is -0.254. The molecule has 2 heterocycles. The highest BCUT2D eigenvalue weighted by Gasteiger charge is 2.26. The first kappa shape index (κ1) is 17.4. The molecule has 8 heteroatoms. The summed E-state index contributed by atoms with van der Waals surface area (Å²) < 4.78 is 35.2. The van der Waals surface area contributed by atoms with Crippen LogP contribution in [0.5, 0.6) is 5.75 Å². The molecule has 0 radical (unpaired) electrons. The number of carbonyl (C=O) groups is 1. The van der Waals surface area contributed by atoms with E-state index < -0.39 is 6.61 Å². The summed E-state index contributed by atoms with van der Waals surface area (Å²) >= 11 is 7.43. The molecule has 1 N–H and O–H groups in total. The molecule has 2 aromatic rings. The minimum Gasteiger partial charge on any atom is -0.435 e. The molecule has 1 aliphatic heterocycles. The van der Waals surface area contributed by atoms with Crippen LogP contribution in [0.3, 0.4) is 0 Å². The summed E-state index contributed by atoms with van der Waals surface area (Å²) in [6.07, 6.45) is 1.91. The molecular weight excluding hydrogens is 360 g/mol. The van der Waals surface area contributed by atoms with Gasteiger partial charge in [0.1, 0.15) is 10.6 Å². The summed E-state index contributed by atoms with van der Waals surface area (Å²) in [6, 6.07) is 4.31. The van der Waals surface area contributed by atoms with Gasteiger partial charge in [-0.05, 0) is 38.0 Å². The van der Waals surface area contributed by atoms with Crippen LogP contribution in [-0.4, -0.2) is 31.3 Å². The van der Waals surface area contributed by atoms with E-state index in [4.69, 9.17) is 16.3 Å². The predicted octanol–water partition coefficient (Wildman–Crippen LogP) is 4.45. The minimum atomic E-state index is -2.90. The number of halogens is 3. The van der Waals surface area contributed by atoms with E-state index in [9.17, 15) is 13.6 Å². The molecule has 0 saturated carbocycles. The molecule has 4 nitrogen and oxygen atoms in total. The van der Waals surface area contributed by atoms with Gasteiger partial charge in [0.25, 0.3) is 5.91 Å². The number of nitrogens with one attached hydrogen (secondary N) is 1. The lowest BCUT2D eigenvalue weighted by molar-refractivity contribution is -0.0497. The van der Waals surface area contributed by atoms with Crippen LogP contribution in [0.15, 0.2) is 18.2 Å². The Morgan fingerprint density at radius 1 is 1.50 bits per heavy atom. The molecule has 0 bridgehead atoms. The Morgan fingerprint density at radius 3 is 2.96 bits per heavy atom. The van der Waals surface area contributed by atoms with Gasteiger partial charge >= 0.3 is 6.61 Å². The van der Waals surface area contributed by atoms with Gasteiger partial charge in [-0.1, -0.05) is 11.6 Å². The molecule has 130 valence electrons. The maximum Gasteiger partial charge on any atom is 0.387 e. The third-order valence-electron chi connectivity index (χ3n) is 3.91. The number of alkyl halides is 2. The first-order chi connectivity index (χ1) is 11.5. The zero-order valence-corrected chi connectivity index (χ0v) is 14.4. The van der Waals surface area contributed by atoms with Crippen molar-refractivity contribution in [3.05, 3.63) is 28.1 Å². The fraction of sp³-hybridized carbons (Fsp3) is 0.438. The number of rotatable bonds is 5.